The number of nitrogens with zero attached hydrogens (tertiary/aromatic N) is 4. The molecule has 0 radical (unpaired) electrons. The number of aromatic nitrogens is 4. The fourth-order valence-corrected chi connectivity index (χ4v) is 4.52. The van der Waals surface area contributed by atoms with Crippen molar-refractivity contribution in [2.24, 2.45) is 0 Å². The molecule has 3 aromatic carbocycles. The largest absolute Gasteiger partial charge is 0.478 e. The van der Waals surface area contributed by atoms with Crippen molar-refractivity contribution < 1.29 is 27.9 Å². The van der Waals surface area contributed by atoms with Gasteiger partial charge in [-0.25, -0.2) is 9.59 Å². The summed E-state index contributed by atoms with van der Waals surface area (Å²) in [5.74, 6) is -1.89. The van der Waals surface area contributed by atoms with E-state index in [4.69, 9.17) is 0 Å². The summed E-state index contributed by atoms with van der Waals surface area (Å²) in [6, 6.07) is 11.9. The zero-order valence-electron chi connectivity index (χ0n) is 19.9. The Labute approximate surface area is 227 Å². The van der Waals surface area contributed by atoms with Crippen molar-refractivity contribution in [2.45, 2.75) is 26.6 Å². The molecule has 0 aliphatic carbocycles. The standard InChI is InChI=1S/C25H19F3IN5O4/c1-13-6-11-20(30-22(35)17-4-3-5-19(29)21(17)23(36)37)18(14(13)2)12-33-24(38)34(32-31-33)16-9-7-15(8-10-16)25(26,27)28/h3-11H,12H2,1-2H3,(H,30,35)(H,36,37). The third-order valence-electron chi connectivity index (χ3n) is 5.98. The van der Waals surface area contributed by atoms with E-state index in [0.717, 1.165) is 44.8 Å². The van der Waals surface area contributed by atoms with Gasteiger partial charge in [0.2, 0.25) is 0 Å². The van der Waals surface area contributed by atoms with Crippen LogP contribution in [0.1, 0.15) is 43.0 Å². The monoisotopic (exact) mass is 637 g/mol. The molecule has 0 spiro atoms. The molecule has 1 heterocycles. The van der Waals surface area contributed by atoms with Gasteiger partial charge in [-0.05, 0) is 100 Å². The molecule has 0 bridgehead atoms. The van der Waals surface area contributed by atoms with Gasteiger partial charge in [-0.1, -0.05) is 12.1 Å². The summed E-state index contributed by atoms with van der Waals surface area (Å²) in [6.45, 7) is 3.52. The van der Waals surface area contributed by atoms with Gasteiger partial charge in [0.25, 0.3) is 5.91 Å². The van der Waals surface area contributed by atoms with Crippen molar-refractivity contribution in [2.75, 3.05) is 5.32 Å². The third-order valence-corrected chi connectivity index (χ3v) is 6.88. The lowest BCUT2D eigenvalue weighted by molar-refractivity contribution is -0.137. The van der Waals surface area contributed by atoms with Crippen LogP contribution in [0.3, 0.4) is 0 Å². The molecule has 0 saturated heterocycles. The summed E-state index contributed by atoms with van der Waals surface area (Å²) in [5, 5.41) is 20.0. The number of aromatic carboxylic acids is 1. The van der Waals surface area contributed by atoms with Crippen molar-refractivity contribution >= 4 is 40.2 Å². The zero-order chi connectivity index (χ0) is 27.8. The van der Waals surface area contributed by atoms with Gasteiger partial charge in [0.05, 0.1) is 28.9 Å². The minimum absolute atomic E-state index is 0.0287. The summed E-state index contributed by atoms with van der Waals surface area (Å²) in [6.07, 6.45) is -4.52. The molecule has 1 amide bonds. The number of aryl methyl sites for hydroxylation is 1. The van der Waals surface area contributed by atoms with Crippen LogP contribution in [-0.4, -0.2) is 36.8 Å². The first-order chi connectivity index (χ1) is 17.9. The van der Waals surface area contributed by atoms with Crippen molar-refractivity contribution in [3.05, 3.63) is 102 Å². The molecule has 2 N–H and O–H groups in total. The van der Waals surface area contributed by atoms with E-state index in [1.807, 2.05) is 29.5 Å². The van der Waals surface area contributed by atoms with E-state index < -0.39 is 29.3 Å². The predicted molar refractivity (Wildman–Crippen MR) is 140 cm³/mol. The SMILES string of the molecule is Cc1ccc(NC(=O)c2cccc(I)c2C(=O)O)c(Cn2nnn(-c3ccc(C(F)(F)F)cc3)c2=O)c1C. The van der Waals surface area contributed by atoms with Crippen LogP contribution in [0, 0.1) is 17.4 Å². The van der Waals surface area contributed by atoms with Crippen LogP contribution in [0.15, 0.2) is 59.4 Å². The number of alkyl halides is 3. The van der Waals surface area contributed by atoms with Crippen LogP contribution in [0.5, 0.6) is 0 Å². The van der Waals surface area contributed by atoms with Crippen LogP contribution in [0.4, 0.5) is 18.9 Å². The number of halogens is 4. The van der Waals surface area contributed by atoms with Crippen LogP contribution in [0.2, 0.25) is 0 Å². The fraction of sp³-hybridized carbons (Fsp3) is 0.160. The average molecular weight is 637 g/mol. The van der Waals surface area contributed by atoms with Gasteiger partial charge in [0, 0.05) is 14.8 Å². The Morgan fingerprint density at radius 2 is 1.71 bits per heavy atom. The van der Waals surface area contributed by atoms with Gasteiger partial charge in [0.15, 0.2) is 0 Å². The second-order valence-corrected chi connectivity index (χ2v) is 9.49. The van der Waals surface area contributed by atoms with E-state index in [1.165, 1.54) is 6.07 Å². The molecule has 0 aliphatic rings. The molecule has 13 heteroatoms. The molecular formula is C25H19F3IN5O4. The van der Waals surface area contributed by atoms with Crippen LogP contribution in [-0.2, 0) is 12.7 Å². The molecule has 0 fully saturated rings. The van der Waals surface area contributed by atoms with E-state index >= 15 is 0 Å². The molecular weight excluding hydrogens is 618 g/mol. The summed E-state index contributed by atoms with van der Waals surface area (Å²) in [5.41, 5.74) is 0.855. The van der Waals surface area contributed by atoms with E-state index in [0.29, 0.717) is 14.8 Å². The summed E-state index contributed by atoms with van der Waals surface area (Å²) in [4.78, 5) is 37.8. The van der Waals surface area contributed by atoms with E-state index in [2.05, 4.69) is 15.7 Å². The van der Waals surface area contributed by atoms with Crippen molar-refractivity contribution in [1.82, 2.24) is 19.8 Å². The number of hydrogen-bond acceptors (Lipinski definition) is 5. The molecule has 196 valence electrons. The fourth-order valence-electron chi connectivity index (χ4n) is 3.79. The van der Waals surface area contributed by atoms with Gasteiger partial charge in [-0.15, -0.1) is 0 Å². The summed E-state index contributed by atoms with van der Waals surface area (Å²) in [7, 11) is 0. The number of carbonyl (C=O) groups excluding carboxylic acids is 1. The maximum atomic E-state index is 13.1. The lowest BCUT2D eigenvalue weighted by atomic mass is 10.0. The molecule has 0 unspecified atom stereocenters. The molecule has 0 aliphatic heterocycles. The van der Waals surface area contributed by atoms with Gasteiger partial charge in [-0.3, -0.25) is 4.79 Å². The Morgan fingerprint density at radius 1 is 1.03 bits per heavy atom. The van der Waals surface area contributed by atoms with Crippen LogP contribution < -0.4 is 11.0 Å². The maximum Gasteiger partial charge on any atom is 0.416 e. The Hall–Kier alpha value is -4.01. The highest BCUT2D eigenvalue weighted by Gasteiger charge is 2.30. The zero-order valence-corrected chi connectivity index (χ0v) is 22.0. The van der Waals surface area contributed by atoms with Crippen LogP contribution >= 0.6 is 22.6 Å². The number of carboxylic acids is 1. The number of tetrazole rings is 1. The average Bonchev–Trinajstić information content (AvgIpc) is 3.22. The van der Waals surface area contributed by atoms with Crippen molar-refractivity contribution in [1.29, 1.82) is 0 Å². The van der Waals surface area contributed by atoms with Crippen molar-refractivity contribution in [3.8, 4) is 5.69 Å². The van der Waals surface area contributed by atoms with Crippen molar-refractivity contribution in [3.63, 3.8) is 0 Å². The Morgan fingerprint density at radius 3 is 2.34 bits per heavy atom. The molecule has 0 saturated carbocycles. The Kier molecular flexibility index (Phi) is 7.40. The Bertz CT molecular complexity index is 1610. The van der Waals surface area contributed by atoms with Gasteiger partial charge >= 0.3 is 17.8 Å². The lowest BCUT2D eigenvalue weighted by Crippen LogP contribution is -2.26. The molecule has 1 aromatic heterocycles. The predicted octanol–water partition coefficient (Wildman–Crippen LogP) is 4.67. The van der Waals surface area contributed by atoms with Gasteiger partial charge < -0.3 is 10.4 Å². The molecule has 38 heavy (non-hydrogen) atoms. The topological polar surface area (TPSA) is 119 Å². The van der Waals surface area contributed by atoms with E-state index in [1.54, 1.807) is 31.2 Å². The minimum Gasteiger partial charge on any atom is -0.478 e. The second kappa shape index (κ2) is 10.4. The maximum absolute atomic E-state index is 13.1. The van der Waals surface area contributed by atoms with Crippen LogP contribution in [0.25, 0.3) is 5.69 Å². The highest BCUT2D eigenvalue weighted by molar-refractivity contribution is 14.1. The summed E-state index contributed by atoms with van der Waals surface area (Å²) >= 11 is 1.84. The second-order valence-electron chi connectivity index (χ2n) is 8.33. The smallest absolute Gasteiger partial charge is 0.416 e. The number of hydrogen-bond donors (Lipinski definition) is 2. The molecule has 9 nitrogen and oxygen atoms in total. The first kappa shape index (κ1) is 27.0. The summed E-state index contributed by atoms with van der Waals surface area (Å²) < 4.78 is 40.9. The number of amides is 1. The lowest BCUT2D eigenvalue weighted by Gasteiger charge is -2.16. The van der Waals surface area contributed by atoms with Gasteiger partial charge in [-0.2, -0.15) is 22.5 Å². The quantitative estimate of drug-likeness (QED) is 0.297. The molecule has 0 atom stereocenters. The molecule has 4 rings (SSSR count). The number of rotatable bonds is 6. The molecule has 4 aromatic rings. The number of carbonyl (C=O) groups is 2. The number of carboxylic acid groups (broad SMARTS) is 1. The van der Waals surface area contributed by atoms with E-state index in [9.17, 15) is 32.7 Å². The highest BCUT2D eigenvalue weighted by Crippen LogP contribution is 2.29. The number of anilines is 1. The third kappa shape index (κ3) is 5.32. The van der Waals surface area contributed by atoms with E-state index in [-0.39, 0.29) is 23.4 Å². The Balaban J connectivity index is 1.67. The number of benzene rings is 3. The normalized spacial score (nSPS) is 11.4. The first-order valence-corrected chi connectivity index (χ1v) is 12.1. The van der Waals surface area contributed by atoms with Gasteiger partial charge in [0.1, 0.15) is 0 Å². The number of nitrogens with one attached hydrogen (secondary N) is 1. The highest BCUT2D eigenvalue weighted by atomic mass is 127. The minimum atomic E-state index is -4.52. The first-order valence-electron chi connectivity index (χ1n) is 11.0.